The molecule has 0 bridgehead atoms. The fourth-order valence-electron chi connectivity index (χ4n) is 0.348. The minimum absolute atomic E-state index is 0.993. The maximum atomic E-state index is 3.29. The molecule has 0 saturated carbocycles. The van der Waals surface area contributed by atoms with Crippen LogP contribution in [0.5, 0.6) is 0 Å². The predicted octanol–water partition coefficient (Wildman–Crippen LogP) is 2.74. The minimum Gasteiger partial charge on any atom is -0.0883 e. The Labute approximate surface area is 53.7 Å². The second kappa shape index (κ2) is 6.22. The Kier molecular flexibility index (Phi) is 6.42. The molecule has 0 aliphatic heterocycles. The summed E-state index contributed by atoms with van der Waals surface area (Å²) in [7, 11) is 0. The topological polar surface area (TPSA) is 0 Å². The SMILES string of the molecule is CCC/C=C/CBr. The summed E-state index contributed by atoms with van der Waals surface area (Å²) < 4.78 is 0. The Hall–Kier alpha value is 0.220. The van der Waals surface area contributed by atoms with Crippen molar-refractivity contribution in [3.63, 3.8) is 0 Å². The zero-order valence-electron chi connectivity index (χ0n) is 4.65. The van der Waals surface area contributed by atoms with Crippen LogP contribution in [0.25, 0.3) is 0 Å². The molecule has 0 saturated heterocycles. The Bertz CT molecular complexity index is 48.1. The van der Waals surface area contributed by atoms with E-state index >= 15 is 0 Å². The Morgan fingerprint density at radius 2 is 2.14 bits per heavy atom. The third-order valence-corrected chi connectivity index (χ3v) is 1.08. The molecule has 0 N–H and O–H groups in total. The number of allylic oxidation sites excluding steroid dienone is 2. The zero-order valence-corrected chi connectivity index (χ0v) is 6.24. The molecular formula is C6H11Br. The molecule has 0 spiro atoms. The monoisotopic (exact) mass is 162 g/mol. The molecule has 0 aromatic heterocycles. The van der Waals surface area contributed by atoms with E-state index in [0.717, 1.165) is 5.33 Å². The molecule has 42 valence electrons. The third-order valence-electron chi connectivity index (χ3n) is 0.711. The van der Waals surface area contributed by atoms with Crippen molar-refractivity contribution in [1.82, 2.24) is 0 Å². The maximum Gasteiger partial charge on any atom is 0.0212 e. The van der Waals surface area contributed by atoms with Gasteiger partial charge in [0.05, 0.1) is 0 Å². The van der Waals surface area contributed by atoms with Gasteiger partial charge < -0.3 is 0 Å². The van der Waals surface area contributed by atoms with Gasteiger partial charge in [0.1, 0.15) is 0 Å². The van der Waals surface area contributed by atoms with E-state index in [1.807, 2.05) is 0 Å². The number of halogens is 1. The van der Waals surface area contributed by atoms with E-state index in [2.05, 4.69) is 35.0 Å². The fourth-order valence-corrected chi connectivity index (χ4v) is 0.612. The molecule has 0 radical (unpaired) electrons. The van der Waals surface area contributed by atoms with Gasteiger partial charge in [-0.3, -0.25) is 0 Å². The summed E-state index contributed by atoms with van der Waals surface area (Å²) in [5.74, 6) is 0. The molecular weight excluding hydrogens is 152 g/mol. The van der Waals surface area contributed by atoms with Crippen molar-refractivity contribution < 1.29 is 0 Å². The number of rotatable bonds is 3. The second-order valence-electron chi connectivity index (χ2n) is 1.41. The Balaban J connectivity index is 2.78. The Morgan fingerprint density at radius 1 is 1.43 bits per heavy atom. The van der Waals surface area contributed by atoms with Crippen molar-refractivity contribution in [2.24, 2.45) is 0 Å². The minimum atomic E-state index is 0.993. The first-order chi connectivity index (χ1) is 3.41. The quantitative estimate of drug-likeness (QED) is 0.443. The molecule has 0 rings (SSSR count). The lowest BCUT2D eigenvalue weighted by molar-refractivity contribution is 0.957. The van der Waals surface area contributed by atoms with Crippen molar-refractivity contribution >= 4 is 15.9 Å². The highest BCUT2D eigenvalue weighted by Gasteiger charge is 1.68. The van der Waals surface area contributed by atoms with E-state index in [-0.39, 0.29) is 0 Å². The van der Waals surface area contributed by atoms with Crippen molar-refractivity contribution in [3.05, 3.63) is 12.2 Å². The van der Waals surface area contributed by atoms with Gasteiger partial charge in [-0.25, -0.2) is 0 Å². The van der Waals surface area contributed by atoms with Gasteiger partial charge >= 0.3 is 0 Å². The molecule has 0 amide bonds. The highest BCUT2D eigenvalue weighted by atomic mass is 79.9. The number of unbranched alkanes of at least 4 members (excludes halogenated alkanes) is 1. The van der Waals surface area contributed by atoms with E-state index in [4.69, 9.17) is 0 Å². The normalized spacial score (nSPS) is 10.6. The Morgan fingerprint density at radius 3 is 2.57 bits per heavy atom. The van der Waals surface area contributed by atoms with Gasteiger partial charge in [-0.05, 0) is 6.42 Å². The fraction of sp³-hybridized carbons (Fsp3) is 0.667. The highest BCUT2D eigenvalue weighted by molar-refractivity contribution is 9.09. The molecule has 0 aliphatic carbocycles. The first-order valence-corrected chi connectivity index (χ1v) is 3.75. The van der Waals surface area contributed by atoms with Crippen LogP contribution >= 0.6 is 15.9 Å². The maximum absolute atomic E-state index is 3.29. The van der Waals surface area contributed by atoms with Crippen LogP contribution < -0.4 is 0 Å². The summed E-state index contributed by atoms with van der Waals surface area (Å²) in [6, 6.07) is 0. The number of hydrogen-bond acceptors (Lipinski definition) is 0. The molecule has 7 heavy (non-hydrogen) atoms. The summed E-state index contributed by atoms with van der Waals surface area (Å²) in [6.45, 7) is 2.18. The summed E-state index contributed by atoms with van der Waals surface area (Å²) in [5, 5.41) is 0.993. The number of alkyl halides is 1. The van der Waals surface area contributed by atoms with E-state index in [1.165, 1.54) is 12.8 Å². The van der Waals surface area contributed by atoms with Crippen LogP contribution in [0, 0.1) is 0 Å². The first-order valence-electron chi connectivity index (χ1n) is 2.62. The second-order valence-corrected chi connectivity index (χ2v) is 2.06. The van der Waals surface area contributed by atoms with Crippen LogP contribution in [0.3, 0.4) is 0 Å². The van der Waals surface area contributed by atoms with E-state index in [9.17, 15) is 0 Å². The van der Waals surface area contributed by atoms with Crippen LogP contribution in [-0.4, -0.2) is 5.33 Å². The average molecular weight is 163 g/mol. The largest absolute Gasteiger partial charge is 0.0883 e. The van der Waals surface area contributed by atoms with Crippen LogP contribution in [0.15, 0.2) is 12.2 Å². The van der Waals surface area contributed by atoms with Crippen LogP contribution in [0.4, 0.5) is 0 Å². The van der Waals surface area contributed by atoms with E-state index < -0.39 is 0 Å². The van der Waals surface area contributed by atoms with E-state index in [1.54, 1.807) is 0 Å². The predicted molar refractivity (Wildman–Crippen MR) is 37.8 cm³/mol. The van der Waals surface area contributed by atoms with Crippen molar-refractivity contribution in [1.29, 1.82) is 0 Å². The van der Waals surface area contributed by atoms with Gasteiger partial charge in [0.25, 0.3) is 0 Å². The van der Waals surface area contributed by atoms with Gasteiger partial charge in [0.15, 0.2) is 0 Å². The molecule has 0 unspecified atom stereocenters. The molecule has 0 heterocycles. The lowest BCUT2D eigenvalue weighted by atomic mass is 10.3. The van der Waals surface area contributed by atoms with Crippen LogP contribution in [0.1, 0.15) is 19.8 Å². The molecule has 0 aromatic rings. The highest BCUT2D eigenvalue weighted by Crippen LogP contribution is 1.89. The molecule has 0 fully saturated rings. The van der Waals surface area contributed by atoms with Gasteiger partial charge in [0.2, 0.25) is 0 Å². The van der Waals surface area contributed by atoms with Crippen LogP contribution in [0.2, 0.25) is 0 Å². The standard InChI is InChI=1S/C6H11Br/c1-2-3-4-5-6-7/h4-5H,2-3,6H2,1H3/b5-4+. The smallest absolute Gasteiger partial charge is 0.0212 e. The summed E-state index contributed by atoms with van der Waals surface area (Å²) in [6.07, 6.45) is 6.79. The van der Waals surface area contributed by atoms with Crippen LogP contribution in [-0.2, 0) is 0 Å². The lowest BCUT2D eigenvalue weighted by Crippen LogP contribution is -1.61. The summed E-state index contributed by atoms with van der Waals surface area (Å²) in [5.41, 5.74) is 0. The number of hydrogen-bond donors (Lipinski definition) is 0. The van der Waals surface area contributed by atoms with Gasteiger partial charge in [0, 0.05) is 5.33 Å². The summed E-state index contributed by atoms with van der Waals surface area (Å²) >= 11 is 3.29. The third kappa shape index (κ3) is 6.22. The van der Waals surface area contributed by atoms with Crippen molar-refractivity contribution in [3.8, 4) is 0 Å². The van der Waals surface area contributed by atoms with Gasteiger partial charge in [-0.15, -0.1) is 0 Å². The molecule has 0 aliphatic rings. The molecule has 1 heteroatoms. The molecule has 0 atom stereocenters. The molecule has 0 aromatic carbocycles. The van der Waals surface area contributed by atoms with E-state index in [0.29, 0.717) is 0 Å². The molecule has 0 nitrogen and oxygen atoms in total. The van der Waals surface area contributed by atoms with Crippen molar-refractivity contribution in [2.45, 2.75) is 19.8 Å². The zero-order chi connectivity index (χ0) is 5.54. The van der Waals surface area contributed by atoms with Crippen molar-refractivity contribution in [2.75, 3.05) is 5.33 Å². The first kappa shape index (κ1) is 7.22. The lowest BCUT2D eigenvalue weighted by Gasteiger charge is -1.78. The average Bonchev–Trinajstić information content (AvgIpc) is 1.69. The van der Waals surface area contributed by atoms with Gasteiger partial charge in [-0.2, -0.15) is 0 Å². The summed E-state index contributed by atoms with van der Waals surface area (Å²) in [4.78, 5) is 0. The van der Waals surface area contributed by atoms with Gasteiger partial charge in [-0.1, -0.05) is 41.4 Å².